The molecule has 37 heavy (non-hydrogen) atoms. The van der Waals surface area contributed by atoms with E-state index in [4.69, 9.17) is 4.74 Å². The number of anilines is 3. The Balaban J connectivity index is 1.36. The molecule has 1 aliphatic carbocycles. The van der Waals surface area contributed by atoms with E-state index in [1.807, 2.05) is 45.0 Å². The first-order valence-corrected chi connectivity index (χ1v) is 12.6. The molecule has 3 N–H and O–H groups in total. The van der Waals surface area contributed by atoms with Crippen LogP contribution in [0.3, 0.4) is 0 Å². The van der Waals surface area contributed by atoms with Crippen molar-refractivity contribution in [3.05, 3.63) is 83.6 Å². The Morgan fingerprint density at radius 3 is 2.54 bits per heavy atom. The molecular formula is C29H32N4O4. The van der Waals surface area contributed by atoms with Gasteiger partial charge < -0.3 is 15.2 Å². The molecular weight excluding hydrogens is 468 g/mol. The van der Waals surface area contributed by atoms with Gasteiger partial charge in [0.15, 0.2) is 11.6 Å². The molecule has 1 atom stereocenters. The number of ether oxygens (including phenoxy) is 1. The van der Waals surface area contributed by atoms with Crippen molar-refractivity contribution in [3.63, 3.8) is 0 Å². The Morgan fingerprint density at radius 1 is 1.14 bits per heavy atom. The van der Waals surface area contributed by atoms with Gasteiger partial charge >= 0.3 is 0 Å². The third-order valence-electron chi connectivity index (χ3n) is 6.87. The van der Waals surface area contributed by atoms with E-state index in [0.717, 1.165) is 24.8 Å². The lowest BCUT2D eigenvalue weighted by Gasteiger charge is -2.45. The zero-order valence-electron chi connectivity index (χ0n) is 21.3. The number of aliphatic hydroxyl groups is 1. The lowest BCUT2D eigenvalue weighted by atomic mass is 9.71. The number of para-hydroxylation sites is 1. The minimum Gasteiger partial charge on any atom is -0.356 e. The first kappa shape index (κ1) is 25.1. The molecule has 1 aromatic heterocycles. The molecule has 0 bridgehead atoms. The number of hydrogen-bond donors (Lipinski definition) is 3. The van der Waals surface area contributed by atoms with Crippen LogP contribution in [0, 0.1) is 0 Å². The number of aliphatic hydroxyl groups excluding tert-OH is 1. The maximum atomic E-state index is 13.5. The molecule has 2 heterocycles. The van der Waals surface area contributed by atoms with Gasteiger partial charge in [-0.1, -0.05) is 36.4 Å². The monoisotopic (exact) mass is 500 g/mol. The summed E-state index contributed by atoms with van der Waals surface area (Å²) < 4.78 is 5.65. The number of fused-ring (bicyclic) bond motifs is 2. The van der Waals surface area contributed by atoms with Crippen molar-refractivity contribution < 1.29 is 19.4 Å². The molecule has 8 heteroatoms. The van der Waals surface area contributed by atoms with Crippen molar-refractivity contribution in [1.29, 1.82) is 0 Å². The van der Waals surface area contributed by atoms with E-state index in [0.29, 0.717) is 28.3 Å². The van der Waals surface area contributed by atoms with E-state index < -0.39 is 17.6 Å². The van der Waals surface area contributed by atoms with Crippen molar-refractivity contribution >= 4 is 28.9 Å². The Bertz CT molecular complexity index is 1310. The number of carbonyl (C=O) groups excluding carboxylic acids is 2. The molecule has 1 aliphatic heterocycles. The quantitative estimate of drug-likeness (QED) is 0.318. The van der Waals surface area contributed by atoms with Gasteiger partial charge in [0, 0.05) is 17.3 Å². The number of pyridine rings is 1. The van der Waals surface area contributed by atoms with Crippen molar-refractivity contribution in [2.24, 2.45) is 0 Å². The van der Waals surface area contributed by atoms with Crippen LogP contribution >= 0.6 is 0 Å². The summed E-state index contributed by atoms with van der Waals surface area (Å²) in [5.74, 6) is 0.0871. The molecule has 0 spiro atoms. The van der Waals surface area contributed by atoms with Gasteiger partial charge in [-0.15, -0.1) is 0 Å². The van der Waals surface area contributed by atoms with Crippen LogP contribution in [0.4, 0.5) is 17.2 Å². The van der Waals surface area contributed by atoms with E-state index >= 15 is 0 Å². The highest BCUT2D eigenvalue weighted by atomic mass is 16.6. The SMILES string of the molecule is CC(C)(C)OC(O)NC1(c2ccc(C(=O)CN3C(=O)c4ccccc4Nc4ncccc43)cc2)CCC1. The summed E-state index contributed by atoms with van der Waals surface area (Å²) in [6.45, 7) is 5.56. The second-order valence-corrected chi connectivity index (χ2v) is 10.6. The van der Waals surface area contributed by atoms with Crippen LogP contribution in [0.5, 0.6) is 0 Å². The van der Waals surface area contributed by atoms with Crippen LogP contribution in [0.1, 0.15) is 66.3 Å². The molecule has 3 aromatic rings. The molecule has 192 valence electrons. The maximum absolute atomic E-state index is 13.5. The van der Waals surface area contributed by atoms with Gasteiger partial charge in [0.1, 0.15) is 0 Å². The minimum absolute atomic E-state index is 0.117. The lowest BCUT2D eigenvalue weighted by Crippen LogP contribution is -2.54. The number of aromatic nitrogens is 1. The highest BCUT2D eigenvalue weighted by Gasteiger charge is 2.41. The number of rotatable bonds is 7. The third-order valence-corrected chi connectivity index (χ3v) is 6.87. The standard InChI is InChI=1S/C29H32N4O4/c1-28(2,3)37-27(36)32-29(15-7-16-29)20-13-11-19(12-14-20)24(34)18-33-23-10-6-17-30-25(23)31-22-9-5-4-8-21(22)26(33)35/h4-6,8-14,17,27,32,36H,7,15-16,18H2,1-3H3,(H,30,31). The van der Waals surface area contributed by atoms with E-state index in [-0.39, 0.29) is 18.2 Å². The Labute approximate surface area is 216 Å². The van der Waals surface area contributed by atoms with Gasteiger partial charge in [0.2, 0.25) is 6.41 Å². The zero-order chi connectivity index (χ0) is 26.2. The molecule has 2 aliphatic rings. The van der Waals surface area contributed by atoms with Gasteiger partial charge in [-0.2, -0.15) is 0 Å². The smallest absolute Gasteiger partial charge is 0.260 e. The average Bonchev–Trinajstić information content (AvgIpc) is 2.95. The Morgan fingerprint density at radius 2 is 1.86 bits per heavy atom. The first-order valence-electron chi connectivity index (χ1n) is 12.6. The average molecular weight is 501 g/mol. The van der Waals surface area contributed by atoms with E-state index in [1.165, 1.54) is 4.90 Å². The molecule has 0 radical (unpaired) electrons. The van der Waals surface area contributed by atoms with E-state index in [2.05, 4.69) is 15.6 Å². The van der Waals surface area contributed by atoms with Crippen LogP contribution in [-0.2, 0) is 10.3 Å². The number of ketones is 1. The second kappa shape index (κ2) is 9.70. The number of nitrogens with one attached hydrogen (secondary N) is 2. The summed E-state index contributed by atoms with van der Waals surface area (Å²) in [6.07, 6.45) is 3.32. The largest absolute Gasteiger partial charge is 0.356 e. The topological polar surface area (TPSA) is 104 Å². The zero-order valence-corrected chi connectivity index (χ0v) is 21.3. The predicted molar refractivity (Wildman–Crippen MR) is 142 cm³/mol. The second-order valence-electron chi connectivity index (χ2n) is 10.6. The summed E-state index contributed by atoms with van der Waals surface area (Å²) in [6, 6.07) is 18.2. The van der Waals surface area contributed by atoms with Crippen LogP contribution < -0.4 is 15.5 Å². The molecule has 8 nitrogen and oxygen atoms in total. The van der Waals surface area contributed by atoms with Crippen molar-refractivity contribution in [2.45, 2.75) is 57.6 Å². The number of Topliss-reactive ketones (excluding diaryl/α,β-unsaturated/α-hetero) is 1. The summed E-state index contributed by atoms with van der Waals surface area (Å²) in [7, 11) is 0. The number of carbonyl (C=O) groups is 2. The fraction of sp³-hybridized carbons (Fsp3) is 0.345. The predicted octanol–water partition coefficient (Wildman–Crippen LogP) is 4.73. The molecule has 1 fully saturated rings. The number of benzene rings is 2. The summed E-state index contributed by atoms with van der Waals surface area (Å²) >= 11 is 0. The van der Waals surface area contributed by atoms with Crippen molar-refractivity contribution in [2.75, 3.05) is 16.8 Å². The molecule has 0 saturated heterocycles. The number of nitrogens with zero attached hydrogens (tertiary/aromatic N) is 2. The maximum Gasteiger partial charge on any atom is 0.260 e. The van der Waals surface area contributed by atoms with Crippen molar-refractivity contribution in [3.8, 4) is 0 Å². The number of amides is 1. The molecule has 2 aromatic carbocycles. The van der Waals surface area contributed by atoms with Crippen molar-refractivity contribution in [1.82, 2.24) is 10.3 Å². The Hall–Kier alpha value is -3.59. The van der Waals surface area contributed by atoms with E-state index in [9.17, 15) is 14.7 Å². The van der Waals surface area contributed by atoms with Crippen LogP contribution in [-0.4, -0.2) is 40.3 Å². The van der Waals surface area contributed by atoms with Gasteiger partial charge in [-0.05, 0) is 69.9 Å². The highest BCUT2D eigenvalue weighted by Crippen LogP contribution is 2.42. The highest BCUT2D eigenvalue weighted by molar-refractivity contribution is 6.16. The minimum atomic E-state index is -1.10. The van der Waals surface area contributed by atoms with Gasteiger partial charge in [-0.3, -0.25) is 19.8 Å². The molecule has 1 amide bonds. The molecule has 1 unspecified atom stereocenters. The molecule has 5 rings (SSSR count). The van der Waals surface area contributed by atoms with Crippen LogP contribution in [0.15, 0.2) is 66.9 Å². The lowest BCUT2D eigenvalue weighted by molar-refractivity contribution is -0.198. The fourth-order valence-electron chi connectivity index (χ4n) is 4.89. The summed E-state index contributed by atoms with van der Waals surface area (Å²) in [4.78, 5) is 32.7. The van der Waals surface area contributed by atoms with Crippen LogP contribution in [0.25, 0.3) is 0 Å². The Kier molecular flexibility index (Phi) is 6.58. The van der Waals surface area contributed by atoms with Crippen LogP contribution in [0.2, 0.25) is 0 Å². The fourth-order valence-corrected chi connectivity index (χ4v) is 4.89. The normalized spacial score (nSPS) is 17.1. The van der Waals surface area contributed by atoms with E-state index in [1.54, 1.807) is 42.6 Å². The third kappa shape index (κ3) is 5.13. The number of hydrogen-bond acceptors (Lipinski definition) is 7. The van der Waals surface area contributed by atoms with Gasteiger partial charge in [0.05, 0.1) is 29.1 Å². The first-order chi connectivity index (χ1) is 17.7. The van der Waals surface area contributed by atoms with Gasteiger partial charge in [0.25, 0.3) is 5.91 Å². The van der Waals surface area contributed by atoms with Gasteiger partial charge in [-0.25, -0.2) is 4.98 Å². The summed E-state index contributed by atoms with van der Waals surface area (Å²) in [5, 5.41) is 16.9. The molecule has 1 saturated carbocycles. The summed E-state index contributed by atoms with van der Waals surface area (Å²) in [5.41, 5.74) is 2.31.